The predicted octanol–water partition coefficient (Wildman–Crippen LogP) is 5.21. The van der Waals surface area contributed by atoms with E-state index >= 15 is 0 Å². The summed E-state index contributed by atoms with van der Waals surface area (Å²) in [6.07, 6.45) is 4.72. The first-order chi connectivity index (χ1) is 11.8. The molecule has 5 nitrogen and oxygen atoms in total. The molecule has 1 saturated carbocycles. The number of hydrogen-bond acceptors (Lipinski definition) is 3. The zero-order chi connectivity index (χ0) is 18.0. The van der Waals surface area contributed by atoms with Crippen LogP contribution in [0.1, 0.15) is 51.9 Å². The Bertz CT molecular complexity index is 730. The molecule has 1 fully saturated rings. The van der Waals surface area contributed by atoms with Gasteiger partial charge in [-0.15, -0.1) is 0 Å². The summed E-state index contributed by atoms with van der Waals surface area (Å²) < 4.78 is 6.44. The van der Waals surface area contributed by atoms with Crippen molar-refractivity contribution in [3.05, 3.63) is 40.8 Å². The number of rotatable bonds is 5. The summed E-state index contributed by atoms with van der Waals surface area (Å²) >= 11 is 3.44. The highest BCUT2D eigenvalue weighted by Crippen LogP contribution is 2.37. The quantitative estimate of drug-likeness (QED) is 0.717. The van der Waals surface area contributed by atoms with Crippen LogP contribution in [0.5, 0.6) is 0 Å². The number of carbonyl (C=O) groups excluding carboxylic acids is 1. The highest BCUT2D eigenvalue weighted by Gasteiger charge is 2.30. The van der Waals surface area contributed by atoms with Crippen molar-refractivity contribution in [2.24, 2.45) is 5.92 Å². The second kappa shape index (κ2) is 7.20. The molecule has 0 unspecified atom stereocenters. The molecule has 2 aromatic rings. The Hall–Kier alpha value is -1.82. The number of aromatic amines is 1. The molecule has 0 saturated heterocycles. The fourth-order valence-corrected chi connectivity index (χ4v) is 2.93. The van der Waals surface area contributed by atoms with E-state index in [4.69, 9.17) is 4.74 Å². The van der Waals surface area contributed by atoms with Crippen LogP contribution in [-0.2, 0) is 4.74 Å². The van der Waals surface area contributed by atoms with E-state index in [1.165, 1.54) is 12.8 Å². The molecule has 6 heteroatoms. The maximum absolute atomic E-state index is 12.2. The Morgan fingerprint density at radius 1 is 1.36 bits per heavy atom. The number of ether oxygens (including phenoxy) is 1. The second-order valence-electron chi connectivity index (χ2n) is 7.57. The lowest BCUT2D eigenvalue weighted by atomic mass is 10.1. The molecule has 1 atom stereocenters. The van der Waals surface area contributed by atoms with E-state index in [1.54, 1.807) is 0 Å². The summed E-state index contributed by atoms with van der Waals surface area (Å²) in [5, 5.41) is 2.97. The first-order valence-corrected chi connectivity index (χ1v) is 9.40. The van der Waals surface area contributed by atoms with Crippen molar-refractivity contribution in [2.75, 3.05) is 0 Å². The average Bonchev–Trinajstić information content (AvgIpc) is 3.19. The minimum absolute atomic E-state index is 0.161. The third-order valence-electron chi connectivity index (χ3n) is 4.04. The van der Waals surface area contributed by atoms with Crippen molar-refractivity contribution in [1.29, 1.82) is 0 Å². The fourth-order valence-electron chi connectivity index (χ4n) is 2.67. The molecule has 0 spiro atoms. The van der Waals surface area contributed by atoms with E-state index in [9.17, 15) is 4.79 Å². The minimum Gasteiger partial charge on any atom is -0.444 e. The molecule has 2 N–H and O–H groups in total. The van der Waals surface area contributed by atoms with Crippen molar-refractivity contribution in [3.63, 3.8) is 0 Å². The van der Waals surface area contributed by atoms with Gasteiger partial charge in [0, 0.05) is 4.47 Å². The number of halogens is 1. The van der Waals surface area contributed by atoms with E-state index in [-0.39, 0.29) is 6.04 Å². The number of hydrogen-bond donors (Lipinski definition) is 2. The number of H-pyrrole nitrogens is 1. The number of amides is 1. The smallest absolute Gasteiger partial charge is 0.408 e. The normalized spacial score (nSPS) is 15.7. The number of aromatic nitrogens is 2. The molecule has 0 aliphatic heterocycles. The Kier molecular flexibility index (Phi) is 5.18. The number of nitrogens with one attached hydrogen (secondary N) is 2. The molecule has 1 aliphatic rings. The monoisotopic (exact) mass is 405 g/mol. The second-order valence-corrected chi connectivity index (χ2v) is 8.48. The van der Waals surface area contributed by atoms with Crippen molar-refractivity contribution in [1.82, 2.24) is 15.3 Å². The van der Waals surface area contributed by atoms with Crippen LogP contribution < -0.4 is 5.32 Å². The Morgan fingerprint density at radius 2 is 2.04 bits per heavy atom. The summed E-state index contributed by atoms with van der Waals surface area (Å²) in [4.78, 5) is 20.0. The van der Waals surface area contributed by atoms with E-state index in [0.717, 1.165) is 28.0 Å². The Labute approximate surface area is 156 Å². The van der Waals surface area contributed by atoms with Gasteiger partial charge in [-0.2, -0.15) is 0 Å². The van der Waals surface area contributed by atoms with Crippen molar-refractivity contribution >= 4 is 22.0 Å². The molecule has 1 aromatic heterocycles. The Balaban J connectivity index is 1.74. The maximum atomic E-state index is 12.2. The van der Waals surface area contributed by atoms with Gasteiger partial charge in [0.2, 0.25) is 0 Å². The largest absolute Gasteiger partial charge is 0.444 e. The minimum atomic E-state index is -0.514. The standard InChI is InChI=1S/C19H24BrN3O2/c1-19(2,3)25-18(24)23-15(10-12-4-5-12)17-21-11-16(22-17)13-6-8-14(20)9-7-13/h6-9,11-12,15H,4-5,10H2,1-3H3,(H,21,22)(H,23,24)/t15-/m0/s1. The fraction of sp³-hybridized carbons (Fsp3) is 0.474. The maximum Gasteiger partial charge on any atom is 0.408 e. The van der Waals surface area contributed by atoms with Crippen LogP contribution in [0.15, 0.2) is 34.9 Å². The van der Waals surface area contributed by atoms with Gasteiger partial charge in [0.1, 0.15) is 11.4 Å². The third kappa shape index (κ3) is 5.33. The van der Waals surface area contributed by atoms with Gasteiger partial charge in [0.25, 0.3) is 0 Å². The van der Waals surface area contributed by atoms with Gasteiger partial charge in [0.15, 0.2) is 0 Å². The first kappa shape index (κ1) is 18.0. The van der Waals surface area contributed by atoms with E-state index in [1.807, 2.05) is 51.2 Å². The van der Waals surface area contributed by atoms with E-state index in [2.05, 4.69) is 31.2 Å². The van der Waals surface area contributed by atoms with Crippen LogP contribution >= 0.6 is 15.9 Å². The van der Waals surface area contributed by atoms with Gasteiger partial charge in [-0.05, 0) is 50.8 Å². The zero-order valence-electron chi connectivity index (χ0n) is 14.8. The number of alkyl carbamates (subject to hydrolysis) is 1. The van der Waals surface area contributed by atoms with Gasteiger partial charge in [-0.3, -0.25) is 0 Å². The summed E-state index contributed by atoms with van der Waals surface area (Å²) in [5.41, 5.74) is 1.48. The summed E-state index contributed by atoms with van der Waals surface area (Å²) in [6.45, 7) is 5.59. The SMILES string of the molecule is CC(C)(C)OC(=O)N[C@@H](CC1CC1)c1ncc(-c2ccc(Br)cc2)[nH]1. The lowest BCUT2D eigenvalue weighted by molar-refractivity contribution is 0.0497. The van der Waals surface area contributed by atoms with E-state index in [0.29, 0.717) is 5.92 Å². The lowest BCUT2D eigenvalue weighted by Crippen LogP contribution is -2.35. The van der Waals surface area contributed by atoms with Gasteiger partial charge >= 0.3 is 6.09 Å². The molecule has 0 radical (unpaired) electrons. The number of carbonyl (C=O) groups is 1. The van der Waals surface area contributed by atoms with Gasteiger partial charge in [0.05, 0.1) is 17.9 Å². The first-order valence-electron chi connectivity index (χ1n) is 8.60. The Morgan fingerprint density at radius 3 is 2.64 bits per heavy atom. The molecule has 1 aliphatic carbocycles. The number of nitrogens with zero attached hydrogens (tertiary/aromatic N) is 1. The van der Waals surface area contributed by atoms with E-state index < -0.39 is 11.7 Å². The lowest BCUT2D eigenvalue weighted by Gasteiger charge is -2.22. The van der Waals surface area contributed by atoms with Crippen molar-refractivity contribution in [2.45, 2.75) is 51.7 Å². The topological polar surface area (TPSA) is 67.0 Å². The van der Waals surface area contributed by atoms with Gasteiger partial charge in [-0.25, -0.2) is 9.78 Å². The predicted molar refractivity (Wildman–Crippen MR) is 101 cm³/mol. The molecule has 1 aromatic carbocycles. The van der Waals surface area contributed by atoms with Crippen molar-refractivity contribution in [3.8, 4) is 11.3 Å². The van der Waals surface area contributed by atoms with Gasteiger partial charge in [-0.1, -0.05) is 40.9 Å². The molecule has 3 rings (SSSR count). The number of imidazole rings is 1. The van der Waals surface area contributed by atoms with Crippen molar-refractivity contribution < 1.29 is 9.53 Å². The van der Waals surface area contributed by atoms with Crippen LogP contribution in [0.3, 0.4) is 0 Å². The molecule has 134 valence electrons. The average molecular weight is 406 g/mol. The molecular formula is C19H24BrN3O2. The highest BCUT2D eigenvalue weighted by molar-refractivity contribution is 9.10. The van der Waals surface area contributed by atoms with Crippen LogP contribution in [0, 0.1) is 5.92 Å². The zero-order valence-corrected chi connectivity index (χ0v) is 16.4. The highest BCUT2D eigenvalue weighted by atomic mass is 79.9. The third-order valence-corrected chi connectivity index (χ3v) is 4.57. The molecule has 1 amide bonds. The summed E-state index contributed by atoms with van der Waals surface area (Å²) in [5.74, 6) is 1.43. The molecule has 0 bridgehead atoms. The summed E-state index contributed by atoms with van der Waals surface area (Å²) in [7, 11) is 0. The molecule has 25 heavy (non-hydrogen) atoms. The van der Waals surface area contributed by atoms with Crippen LogP contribution in [0.4, 0.5) is 4.79 Å². The molecular weight excluding hydrogens is 382 g/mol. The van der Waals surface area contributed by atoms with Gasteiger partial charge < -0.3 is 15.0 Å². The molecule has 1 heterocycles. The van der Waals surface area contributed by atoms with Crippen LogP contribution in [0.25, 0.3) is 11.3 Å². The van der Waals surface area contributed by atoms with Crippen LogP contribution in [0.2, 0.25) is 0 Å². The number of benzene rings is 1. The summed E-state index contributed by atoms with van der Waals surface area (Å²) in [6, 6.07) is 7.89. The van der Waals surface area contributed by atoms with Crippen LogP contribution in [-0.4, -0.2) is 21.7 Å².